The van der Waals surface area contributed by atoms with Crippen molar-refractivity contribution in [3.8, 4) is 0 Å². The summed E-state index contributed by atoms with van der Waals surface area (Å²) in [5.41, 5.74) is 0. The van der Waals surface area contributed by atoms with Crippen molar-refractivity contribution in [2.45, 2.75) is 13.3 Å². The first-order chi connectivity index (χ1) is 3.35. The Hall–Kier alpha value is 0.340. The maximum atomic E-state index is 3.88. The SMILES string of the molecule is CCC(=NC)[N-]C.[CH3-].[CH3-].[Sc]. The summed E-state index contributed by atoms with van der Waals surface area (Å²) in [7, 11) is 3.51. The van der Waals surface area contributed by atoms with Crippen LogP contribution in [-0.4, -0.2) is 19.9 Å². The van der Waals surface area contributed by atoms with Crippen molar-refractivity contribution >= 4 is 5.84 Å². The van der Waals surface area contributed by atoms with E-state index in [1.165, 1.54) is 0 Å². The Morgan fingerprint density at radius 1 is 1.40 bits per heavy atom. The topological polar surface area (TPSA) is 26.5 Å². The van der Waals surface area contributed by atoms with Crippen LogP contribution in [-0.2, 0) is 25.8 Å². The molecule has 0 N–H and O–H groups in total. The van der Waals surface area contributed by atoms with Crippen LogP contribution in [0.15, 0.2) is 4.99 Å². The molecule has 0 spiro atoms. The fourth-order valence-electron chi connectivity index (χ4n) is 0.416. The fraction of sp³-hybridized carbons (Fsp3) is 0.571. The van der Waals surface area contributed by atoms with E-state index in [1.807, 2.05) is 6.92 Å². The summed E-state index contributed by atoms with van der Waals surface area (Å²) in [4.78, 5) is 3.88. The van der Waals surface area contributed by atoms with Crippen molar-refractivity contribution in [1.29, 1.82) is 0 Å². The summed E-state index contributed by atoms with van der Waals surface area (Å²) in [5, 5.41) is 3.88. The summed E-state index contributed by atoms with van der Waals surface area (Å²) in [5.74, 6) is 0.931. The maximum absolute atomic E-state index is 3.88. The van der Waals surface area contributed by atoms with Crippen molar-refractivity contribution in [3.63, 3.8) is 0 Å². The first-order valence-electron chi connectivity index (χ1n) is 2.40. The molecule has 0 fully saturated rings. The third-order valence-corrected chi connectivity index (χ3v) is 0.832. The number of rotatable bonds is 1. The number of hydrogen-bond donors (Lipinski definition) is 0. The molecule has 3 heteroatoms. The van der Waals surface area contributed by atoms with Crippen molar-refractivity contribution < 1.29 is 25.8 Å². The number of nitrogens with zero attached hydrogens (tertiary/aromatic N) is 2. The van der Waals surface area contributed by atoms with Crippen molar-refractivity contribution in [1.82, 2.24) is 0 Å². The average Bonchev–Trinajstić information content (AvgIpc) is 1.72. The molecule has 0 rings (SSSR count). The van der Waals surface area contributed by atoms with Crippen LogP contribution in [0.4, 0.5) is 0 Å². The Labute approximate surface area is 84.3 Å². The summed E-state index contributed by atoms with van der Waals surface area (Å²) in [6.45, 7) is 2.04. The van der Waals surface area contributed by atoms with Crippen LogP contribution in [0.5, 0.6) is 0 Å². The molecule has 2 nitrogen and oxygen atoms in total. The first-order valence-corrected chi connectivity index (χ1v) is 2.40. The Kier molecular flexibility index (Phi) is 36.3. The van der Waals surface area contributed by atoms with E-state index in [1.54, 1.807) is 14.1 Å². The van der Waals surface area contributed by atoms with E-state index in [9.17, 15) is 0 Å². The molecule has 0 saturated carbocycles. The minimum Gasteiger partial charge on any atom is -0.473 e. The van der Waals surface area contributed by atoms with E-state index in [0.29, 0.717) is 0 Å². The van der Waals surface area contributed by atoms with Crippen LogP contribution in [0.1, 0.15) is 13.3 Å². The minimum absolute atomic E-state index is 0. The average molecular weight is 174 g/mol. The van der Waals surface area contributed by atoms with Crippen LogP contribution in [0, 0.1) is 14.9 Å². The standard InChI is InChI=1S/C5H11N2.2CH3.Sc/c1-4-5(6-2)7-3;;;/h4H2,1-3H3;2*1H3;/q3*-1;. The molecule has 0 amide bonds. The number of hydrogen-bond acceptors (Lipinski definition) is 1. The molecule has 1 radical (unpaired) electrons. The van der Waals surface area contributed by atoms with E-state index < -0.39 is 0 Å². The molecule has 0 aromatic heterocycles. The van der Waals surface area contributed by atoms with Crippen LogP contribution in [0.2, 0.25) is 0 Å². The third kappa shape index (κ3) is 11.2. The molecule has 0 unspecified atom stereocenters. The summed E-state index contributed by atoms with van der Waals surface area (Å²) < 4.78 is 0. The molecule has 61 valence electrons. The largest absolute Gasteiger partial charge is 0.473 e. The predicted molar refractivity (Wildman–Crippen MR) is 45.8 cm³/mol. The van der Waals surface area contributed by atoms with Crippen molar-refractivity contribution in [2.75, 3.05) is 14.1 Å². The normalized spacial score (nSPS) is 8.10. The molecule has 0 aromatic carbocycles. The van der Waals surface area contributed by atoms with E-state index in [4.69, 9.17) is 0 Å². The molecule has 0 aliphatic rings. The van der Waals surface area contributed by atoms with Crippen LogP contribution < -0.4 is 0 Å². The van der Waals surface area contributed by atoms with Gasteiger partial charge in [-0.1, -0.05) is 26.9 Å². The summed E-state index contributed by atoms with van der Waals surface area (Å²) in [6, 6.07) is 0. The minimum atomic E-state index is 0. The molecule has 0 saturated heterocycles. The molecule has 10 heavy (non-hydrogen) atoms. The van der Waals surface area contributed by atoms with Gasteiger partial charge in [0.05, 0.1) is 0 Å². The number of amidine groups is 1. The van der Waals surface area contributed by atoms with Gasteiger partial charge in [0.25, 0.3) is 0 Å². The fourth-order valence-corrected chi connectivity index (χ4v) is 0.416. The van der Waals surface area contributed by atoms with Gasteiger partial charge < -0.3 is 25.2 Å². The van der Waals surface area contributed by atoms with Gasteiger partial charge in [-0.15, -0.1) is 0 Å². The van der Waals surface area contributed by atoms with Gasteiger partial charge in [0.1, 0.15) is 0 Å². The van der Waals surface area contributed by atoms with E-state index in [0.717, 1.165) is 12.3 Å². The molecule has 0 heterocycles. The van der Waals surface area contributed by atoms with Gasteiger partial charge in [-0.3, -0.25) is 0 Å². The summed E-state index contributed by atoms with van der Waals surface area (Å²) in [6.07, 6.45) is 0.938. The van der Waals surface area contributed by atoms with Gasteiger partial charge in [0.2, 0.25) is 0 Å². The zero-order valence-corrected chi connectivity index (χ0v) is 9.48. The Morgan fingerprint density at radius 2 is 1.80 bits per heavy atom. The Bertz CT molecular complexity index is 66.0. The first kappa shape index (κ1) is 22.4. The Morgan fingerprint density at radius 3 is 1.80 bits per heavy atom. The maximum Gasteiger partial charge on any atom is 0 e. The van der Waals surface area contributed by atoms with E-state index >= 15 is 0 Å². The predicted octanol–water partition coefficient (Wildman–Crippen LogP) is 2.33. The second-order valence-corrected chi connectivity index (χ2v) is 1.22. The van der Waals surface area contributed by atoms with E-state index in [2.05, 4.69) is 10.3 Å². The van der Waals surface area contributed by atoms with Gasteiger partial charge in [-0.25, -0.2) is 0 Å². The molecule has 0 aliphatic carbocycles. The monoisotopic (exact) mass is 174 g/mol. The Balaban J connectivity index is -0.0000000600. The van der Waals surface area contributed by atoms with Gasteiger partial charge >= 0.3 is 0 Å². The van der Waals surface area contributed by atoms with Crippen molar-refractivity contribution in [2.24, 2.45) is 4.99 Å². The molecular weight excluding hydrogens is 157 g/mol. The quantitative estimate of drug-likeness (QED) is 0.331. The van der Waals surface area contributed by atoms with E-state index in [-0.39, 0.29) is 40.7 Å². The van der Waals surface area contributed by atoms with Crippen LogP contribution in [0.3, 0.4) is 0 Å². The second kappa shape index (κ2) is 16.2. The smallest absolute Gasteiger partial charge is 0 e. The van der Waals surface area contributed by atoms with Gasteiger partial charge in [0.15, 0.2) is 0 Å². The van der Waals surface area contributed by atoms with Gasteiger partial charge in [-0.2, -0.15) is 0 Å². The van der Waals surface area contributed by atoms with Crippen LogP contribution in [0.25, 0.3) is 5.32 Å². The molecule has 0 atom stereocenters. The zero-order chi connectivity index (χ0) is 5.70. The number of aliphatic imine (C=N–C) groups is 1. The second-order valence-electron chi connectivity index (χ2n) is 1.22. The van der Waals surface area contributed by atoms with Gasteiger partial charge in [-0.05, 0) is 6.42 Å². The van der Waals surface area contributed by atoms with Gasteiger partial charge in [0, 0.05) is 25.8 Å². The molecule has 0 aromatic rings. The zero-order valence-electron chi connectivity index (χ0n) is 7.68. The third-order valence-electron chi connectivity index (χ3n) is 0.832. The van der Waals surface area contributed by atoms with Crippen LogP contribution >= 0.6 is 0 Å². The molecule has 0 aliphatic heterocycles. The summed E-state index contributed by atoms with van der Waals surface area (Å²) >= 11 is 0. The van der Waals surface area contributed by atoms with Crippen molar-refractivity contribution in [3.05, 3.63) is 20.2 Å². The molecular formula is C7H17N2Sc-3. The molecule has 0 bridgehead atoms.